The highest BCUT2D eigenvalue weighted by Crippen LogP contribution is 2.29. The molecule has 0 atom stereocenters. The molecule has 0 amide bonds. The Balaban J connectivity index is 2.00. The largest absolute Gasteiger partial charge is 0.231 e. The first-order chi connectivity index (χ1) is 10.2. The van der Waals surface area contributed by atoms with Gasteiger partial charge in [0, 0.05) is 6.07 Å². The smallest absolute Gasteiger partial charge is 0.138 e. The van der Waals surface area contributed by atoms with Crippen LogP contribution in [0.25, 0.3) is 5.69 Å². The number of halogens is 1. The highest BCUT2D eigenvalue weighted by atomic mass is 19.1. The number of fused-ring (bicyclic) bond motifs is 3. The van der Waals surface area contributed by atoms with Crippen LogP contribution in [0.4, 0.5) is 10.1 Å². The lowest BCUT2D eigenvalue weighted by atomic mass is 10.2. The first-order valence-corrected chi connectivity index (χ1v) is 6.36. The number of nitrogens with zero attached hydrogens (tertiary/aromatic N) is 7. The lowest BCUT2D eigenvalue weighted by Gasteiger charge is -2.05. The van der Waals surface area contributed by atoms with Crippen LogP contribution in [-0.4, -0.2) is 35.6 Å². The van der Waals surface area contributed by atoms with Gasteiger partial charge in [-0.1, -0.05) is 5.21 Å². The molecule has 3 heterocycles. The molecule has 1 aliphatic heterocycles. The molecule has 0 N–H and O–H groups in total. The van der Waals surface area contributed by atoms with Crippen LogP contribution in [0, 0.1) is 12.7 Å². The van der Waals surface area contributed by atoms with Crippen LogP contribution in [0.3, 0.4) is 0 Å². The van der Waals surface area contributed by atoms with Crippen molar-refractivity contribution in [2.24, 2.45) is 4.99 Å². The van der Waals surface area contributed by atoms with Crippen molar-refractivity contribution in [3.8, 4) is 5.69 Å². The fraction of sp³-hybridized carbons (Fsp3) is 0.154. The maximum atomic E-state index is 13.6. The predicted octanol–water partition coefficient (Wildman–Crippen LogP) is 1.44. The van der Waals surface area contributed by atoms with Gasteiger partial charge in [-0.05, 0) is 19.1 Å². The third-order valence-electron chi connectivity index (χ3n) is 3.38. The van der Waals surface area contributed by atoms with Crippen molar-refractivity contribution >= 4 is 11.5 Å². The summed E-state index contributed by atoms with van der Waals surface area (Å²) in [5.74, 6) is 0.344. The van der Waals surface area contributed by atoms with E-state index in [0.29, 0.717) is 23.6 Å². The van der Waals surface area contributed by atoms with Gasteiger partial charge in [-0.15, -0.1) is 5.10 Å². The number of rotatable bonds is 0. The quantitative estimate of drug-likeness (QED) is 0.625. The molecule has 8 heteroatoms. The molecule has 7 nitrogen and oxygen atoms in total. The molecule has 104 valence electrons. The average molecular weight is 283 g/mol. The van der Waals surface area contributed by atoms with E-state index < -0.39 is 0 Å². The van der Waals surface area contributed by atoms with Gasteiger partial charge in [-0.2, -0.15) is 5.10 Å². The Morgan fingerprint density at radius 2 is 2.19 bits per heavy atom. The lowest BCUT2D eigenvalue weighted by molar-refractivity contribution is 0.624. The summed E-state index contributed by atoms with van der Waals surface area (Å²) >= 11 is 0. The Hall–Kier alpha value is -2.90. The van der Waals surface area contributed by atoms with E-state index in [1.54, 1.807) is 21.8 Å². The molecule has 1 aromatic carbocycles. The van der Waals surface area contributed by atoms with E-state index in [4.69, 9.17) is 0 Å². The fourth-order valence-corrected chi connectivity index (χ4v) is 2.34. The van der Waals surface area contributed by atoms with E-state index in [0.717, 1.165) is 11.4 Å². The Kier molecular flexibility index (Phi) is 2.44. The fourth-order valence-electron chi connectivity index (χ4n) is 2.34. The van der Waals surface area contributed by atoms with Crippen LogP contribution in [-0.2, 0) is 6.42 Å². The molecular formula is C13H10FN7. The third kappa shape index (κ3) is 1.83. The molecule has 0 fully saturated rings. The van der Waals surface area contributed by atoms with Gasteiger partial charge in [-0.25, -0.2) is 23.7 Å². The van der Waals surface area contributed by atoms with Crippen molar-refractivity contribution in [1.29, 1.82) is 0 Å². The topological polar surface area (TPSA) is 73.8 Å². The van der Waals surface area contributed by atoms with Crippen LogP contribution < -0.4 is 0 Å². The van der Waals surface area contributed by atoms with Crippen LogP contribution >= 0.6 is 0 Å². The zero-order valence-electron chi connectivity index (χ0n) is 11.1. The number of hydrogen-bond acceptors (Lipinski definition) is 5. The van der Waals surface area contributed by atoms with Gasteiger partial charge in [-0.3, -0.25) is 0 Å². The predicted molar refractivity (Wildman–Crippen MR) is 72.3 cm³/mol. The minimum Gasteiger partial charge on any atom is -0.231 e. The van der Waals surface area contributed by atoms with Crippen molar-refractivity contribution in [2.75, 3.05) is 0 Å². The van der Waals surface area contributed by atoms with E-state index >= 15 is 0 Å². The van der Waals surface area contributed by atoms with Gasteiger partial charge in [0.05, 0.1) is 29.2 Å². The molecule has 0 bridgehead atoms. The van der Waals surface area contributed by atoms with Gasteiger partial charge >= 0.3 is 0 Å². The standard InChI is InChI=1S/C13H10FN7/c1-8-11-5-13(20-7-15-6-16-20)17-10-3-2-9(14)4-12(10)21(11)19-18-8/h2-4,6-7H,5H2,1H3. The summed E-state index contributed by atoms with van der Waals surface area (Å²) in [6.45, 7) is 1.86. The lowest BCUT2D eigenvalue weighted by Crippen LogP contribution is -2.16. The summed E-state index contributed by atoms with van der Waals surface area (Å²) in [5.41, 5.74) is 2.82. The molecule has 3 aromatic rings. The Morgan fingerprint density at radius 1 is 1.29 bits per heavy atom. The summed E-state index contributed by atoms with van der Waals surface area (Å²) < 4.78 is 16.8. The molecule has 0 aliphatic carbocycles. The van der Waals surface area contributed by atoms with Crippen molar-refractivity contribution < 1.29 is 4.39 Å². The summed E-state index contributed by atoms with van der Waals surface area (Å²) in [4.78, 5) is 8.51. The monoisotopic (exact) mass is 283 g/mol. The third-order valence-corrected chi connectivity index (χ3v) is 3.38. The number of aliphatic imine (C=N–C) groups is 1. The summed E-state index contributed by atoms with van der Waals surface area (Å²) in [7, 11) is 0. The first kappa shape index (κ1) is 11.9. The van der Waals surface area contributed by atoms with Crippen molar-refractivity contribution in [3.63, 3.8) is 0 Å². The molecular weight excluding hydrogens is 273 g/mol. The highest BCUT2D eigenvalue weighted by molar-refractivity contribution is 5.90. The van der Waals surface area contributed by atoms with E-state index in [2.05, 4.69) is 25.4 Å². The summed E-state index contributed by atoms with van der Waals surface area (Å²) in [5, 5.41) is 12.3. The first-order valence-electron chi connectivity index (χ1n) is 6.36. The van der Waals surface area contributed by atoms with E-state index in [-0.39, 0.29) is 5.82 Å². The van der Waals surface area contributed by atoms with Crippen LogP contribution in [0.5, 0.6) is 0 Å². The molecule has 0 unspecified atom stereocenters. The number of hydrogen-bond donors (Lipinski definition) is 0. The normalized spacial score (nSPS) is 13.3. The minimum atomic E-state index is -0.341. The van der Waals surface area contributed by atoms with Crippen molar-refractivity contribution in [3.05, 3.63) is 48.1 Å². The Bertz CT molecular complexity index is 848. The zero-order valence-corrected chi connectivity index (χ0v) is 11.1. The van der Waals surface area contributed by atoms with E-state index in [1.165, 1.54) is 18.5 Å². The van der Waals surface area contributed by atoms with Gasteiger partial charge in [0.1, 0.15) is 24.3 Å². The Morgan fingerprint density at radius 3 is 3.00 bits per heavy atom. The highest BCUT2D eigenvalue weighted by Gasteiger charge is 2.21. The second-order valence-electron chi connectivity index (χ2n) is 4.71. The van der Waals surface area contributed by atoms with E-state index in [9.17, 15) is 4.39 Å². The minimum absolute atomic E-state index is 0.341. The van der Waals surface area contributed by atoms with Gasteiger partial charge in [0.15, 0.2) is 0 Å². The van der Waals surface area contributed by atoms with Gasteiger partial charge in [0.2, 0.25) is 0 Å². The molecule has 0 radical (unpaired) electrons. The molecule has 21 heavy (non-hydrogen) atoms. The molecule has 4 rings (SSSR count). The molecule has 2 aromatic heterocycles. The van der Waals surface area contributed by atoms with Gasteiger partial charge in [0.25, 0.3) is 0 Å². The molecule has 1 aliphatic rings. The number of aromatic nitrogens is 6. The number of benzene rings is 1. The SMILES string of the molecule is Cc1nnn2c1CC(n1cncn1)=Nc1ccc(F)cc1-2. The number of aryl methyl sites for hydroxylation is 1. The molecule has 0 spiro atoms. The second-order valence-corrected chi connectivity index (χ2v) is 4.71. The zero-order chi connectivity index (χ0) is 14.4. The molecule has 0 saturated carbocycles. The van der Waals surface area contributed by atoms with Crippen molar-refractivity contribution in [1.82, 2.24) is 29.8 Å². The summed E-state index contributed by atoms with van der Waals surface area (Å²) in [6.07, 6.45) is 3.51. The summed E-state index contributed by atoms with van der Waals surface area (Å²) in [6, 6.07) is 4.39. The van der Waals surface area contributed by atoms with Crippen LogP contribution in [0.2, 0.25) is 0 Å². The van der Waals surface area contributed by atoms with Gasteiger partial charge < -0.3 is 0 Å². The second kappa shape index (κ2) is 4.30. The maximum Gasteiger partial charge on any atom is 0.138 e. The molecule has 0 saturated heterocycles. The van der Waals surface area contributed by atoms with E-state index in [1.807, 2.05) is 6.92 Å². The maximum absolute atomic E-state index is 13.6. The average Bonchev–Trinajstić information content (AvgIpc) is 3.08. The van der Waals surface area contributed by atoms with Crippen LogP contribution in [0.15, 0.2) is 35.8 Å². The Labute approximate surface area is 118 Å². The van der Waals surface area contributed by atoms with Crippen LogP contribution in [0.1, 0.15) is 11.4 Å². The van der Waals surface area contributed by atoms with Crippen molar-refractivity contribution in [2.45, 2.75) is 13.3 Å².